The minimum atomic E-state index is -0.619. The van der Waals surface area contributed by atoms with E-state index in [1.165, 1.54) is 0 Å². The summed E-state index contributed by atoms with van der Waals surface area (Å²) < 4.78 is 5.65. The first-order chi connectivity index (χ1) is 9.56. The summed E-state index contributed by atoms with van der Waals surface area (Å²) in [5.74, 6) is 0.431. The van der Waals surface area contributed by atoms with Crippen molar-refractivity contribution in [3.63, 3.8) is 0 Å². The van der Waals surface area contributed by atoms with E-state index in [-0.39, 0.29) is 5.91 Å². The highest BCUT2D eigenvalue weighted by molar-refractivity contribution is 5.80. The molecular formula is C16H25NO3. The summed E-state index contributed by atoms with van der Waals surface area (Å²) in [6.45, 7) is 6.20. The Bertz CT molecular complexity index is 418. The Labute approximate surface area is 121 Å². The number of rotatable bonds is 8. The number of para-hydroxylation sites is 1. The third-order valence-electron chi connectivity index (χ3n) is 3.12. The van der Waals surface area contributed by atoms with E-state index in [9.17, 15) is 9.90 Å². The van der Waals surface area contributed by atoms with Crippen LogP contribution in [0, 0.1) is 0 Å². The molecule has 1 rings (SSSR count). The van der Waals surface area contributed by atoms with Crippen LogP contribution in [0.1, 0.15) is 51.7 Å². The van der Waals surface area contributed by atoms with Gasteiger partial charge in [0, 0.05) is 12.1 Å². The number of hydrogen-bond donors (Lipinski definition) is 2. The van der Waals surface area contributed by atoms with E-state index >= 15 is 0 Å². The number of nitrogens with one attached hydrogen (secondary N) is 1. The van der Waals surface area contributed by atoms with Gasteiger partial charge in [-0.1, -0.05) is 38.0 Å². The molecule has 0 bridgehead atoms. The highest BCUT2D eigenvalue weighted by Gasteiger charge is 2.16. The molecule has 4 heteroatoms. The van der Waals surface area contributed by atoms with Crippen LogP contribution in [0.5, 0.6) is 5.75 Å². The van der Waals surface area contributed by atoms with Gasteiger partial charge in [0.05, 0.1) is 6.10 Å². The first kappa shape index (κ1) is 16.5. The van der Waals surface area contributed by atoms with Crippen LogP contribution < -0.4 is 10.1 Å². The third-order valence-corrected chi connectivity index (χ3v) is 3.12. The molecule has 2 N–H and O–H groups in total. The van der Waals surface area contributed by atoms with Crippen LogP contribution in [0.25, 0.3) is 0 Å². The van der Waals surface area contributed by atoms with E-state index in [4.69, 9.17) is 4.74 Å². The fourth-order valence-corrected chi connectivity index (χ4v) is 1.91. The molecule has 112 valence electrons. The van der Waals surface area contributed by atoms with Crippen molar-refractivity contribution >= 4 is 5.91 Å². The number of hydrogen-bond acceptors (Lipinski definition) is 3. The predicted molar refractivity (Wildman–Crippen MR) is 79.7 cm³/mol. The Kier molecular flexibility index (Phi) is 7.09. The number of amides is 1. The molecule has 0 aliphatic rings. The topological polar surface area (TPSA) is 58.6 Å². The number of ether oxygens (including phenoxy) is 1. The first-order valence-corrected chi connectivity index (χ1v) is 7.27. The Morgan fingerprint density at radius 1 is 1.30 bits per heavy atom. The molecule has 20 heavy (non-hydrogen) atoms. The summed E-state index contributed by atoms with van der Waals surface area (Å²) in [7, 11) is 0. The molecule has 4 nitrogen and oxygen atoms in total. The largest absolute Gasteiger partial charge is 0.481 e. The van der Waals surface area contributed by atoms with E-state index < -0.39 is 12.2 Å². The highest BCUT2D eigenvalue weighted by atomic mass is 16.5. The minimum Gasteiger partial charge on any atom is -0.481 e. The van der Waals surface area contributed by atoms with Crippen molar-refractivity contribution in [3.05, 3.63) is 29.8 Å². The maximum atomic E-state index is 11.9. The van der Waals surface area contributed by atoms with Gasteiger partial charge in [-0.05, 0) is 26.3 Å². The number of aliphatic hydroxyl groups is 1. The van der Waals surface area contributed by atoms with E-state index in [0.29, 0.717) is 17.9 Å². The third kappa shape index (κ3) is 5.21. The summed E-state index contributed by atoms with van der Waals surface area (Å²) in [6.07, 6.45) is 2.03. The monoisotopic (exact) mass is 279 g/mol. The minimum absolute atomic E-state index is 0.124. The second kappa shape index (κ2) is 8.59. The molecule has 1 unspecified atom stereocenters. The molecule has 0 aliphatic heterocycles. The van der Waals surface area contributed by atoms with Gasteiger partial charge in [-0.25, -0.2) is 0 Å². The lowest BCUT2D eigenvalue weighted by atomic mass is 10.1. The molecule has 0 spiro atoms. The molecular weight excluding hydrogens is 254 g/mol. The lowest BCUT2D eigenvalue weighted by molar-refractivity contribution is -0.127. The molecule has 0 saturated heterocycles. The van der Waals surface area contributed by atoms with Crippen LogP contribution in [-0.2, 0) is 4.79 Å². The molecule has 1 aromatic rings. The van der Waals surface area contributed by atoms with Crippen molar-refractivity contribution in [2.24, 2.45) is 0 Å². The predicted octanol–water partition coefficient (Wildman–Crippen LogP) is 2.81. The number of benzene rings is 1. The molecule has 2 atom stereocenters. The number of unbranched alkanes of at least 4 members (excludes halogenated alkanes) is 2. The average Bonchev–Trinajstić information content (AvgIpc) is 2.43. The van der Waals surface area contributed by atoms with Gasteiger partial charge in [-0.15, -0.1) is 0 Å². The smallest absolute Gasteiger partial charge is 0.260 e. The molecule has 0 aliphatic carbocycles. The number of aliphatic hydroxyl groups excluding tert-OH is 1. The van der Waals surface area contributed by atoms with E-state index in [1.807, 2.05) is 12.1 Å². The van der Waals surface area contributed by atoms with Gasteiger partial charge in [0.2, 0.25) is 0 Å². The summed E-state index contributed by atoms with van der Waals surface area (Å²) in [4.78, 5) is 11.9. The van der Waals surface area contributed by atoms with Crippen molar-refractivity contribution in [2.75, 3.05) is 6.54 Å². The second-order valence-corrected chi connectivity index (χ2v) is 4.97. The Morgan fingerprint density at radius 3 is 2.65 bits per heavy atom. The van der Waals surface area contributed by atoms with Crippen LogP contribution in [0.15, 0.2) is 24.3 Å². The van der Waals surface area contributed by atoms with Crippen molar-refractivity contribution < 1.29 is 14.6 Å². The summed E-state index contributed by atoms with van der Waals surface area (Å²) in [6, 6.07) is 7.23. The zero-order valence-corrected chi connectivity index (χ0v) is 12.6. The van der Waals surface area contributed by atoms with Crippen LogP contribution in [0.2, 0.25) is 0 Å². The second-order valence-electron chi connectivity index (χ2n) is 4.97. The zero-order chi connectivity index (χ0) is 15.0. The Balaban J connectivity index is 2.53. The van der Waals surface area contributed by atoms with Crippen LogP contribution in [0.4, 0.5) is 0 Å². The summed E-state index contributed by atoms with van der Waals surface area (Å²) in [5, 5.41) is 12.5. The zero-order valence-electron chi connectivity index (χ0n) is 12.6. The fraction of sp³-hybridized carbons (Fsp3) is 0.562. The molecule has 0 radical (unpaired) electrons. The van der Waals surface area contributed by atoms with Crippen LogP contribution >= 0.6 is 0 Å². The fourth-order valence-electron chi connectivity index (χ4n) is 1.91. The van der Waals surface area contributed by atoms with Crippen molar-refractivity contribution in [3.8, 4) is 5.75 Å². The lowest BCUT2D eigenvalue weighted by Crippen LogP contribution is -2.37. The quantitative estimate of drug-likeness (QED) is 0.719. The number of carbonyl (C=O) groups excluding carboxylic acids is 1. The van der Waals surface area contributed by atoms with Crippen molar-refractivity contribution in [1.29, 1.82) is 0 Å². The van der Waals surface area contributed by atoms with Gasteiger partial charge in [0.15, 0.2) is 6.10 Å². The van der Waals surface area contributed by atoms with E-state index in [0.717, 1.165) is 19.3 Å². The van der Waals surface area contributed by atoms with Gasteiger partial charge < -0.3 is 15.2 Å². The maximum absolute atomic E-state index is 11.9. The van der Waals surface area contributed by atoms with Gasteiger partial charge >= 0.3 is 0 Å². The molecule has 1 amide bonds. The van der Waals surface area contributed by atoms with Crippen LogP contribution in [-0.4, -0.2) is 23.7 Å². The number of carbonyl (C=O) groups is 1. The van der Waals surface area contributed by atoms with E-state index in [2.05, 4.69) is 12.2 Å². The van der Waals surface area contributed by atoms with Gasteiger partial charge in [0.25, 0.3) is 5.91 Å². The van der Waals surface area contributed by atoms with Crippen molar-refractivity contribution in [2.45, 2.75) is 52.2 Å². The normalized spacial score (nSPS) is 13.6. The maximum Gasteiger partial charge on any atom is 0.260 e. The molecule has 1 aromatic carbocycles. The Hall–Kier alpha value is -1.55. The first-order valence-electron chi connectivity index (χ1n) is 7.27. The Morgan fingerprint density at radius 2 is 2.00 bits per heavy atom. The van der Waals surface area contributed by atoms with Gasteiger partial charge in [0.1, 0.15) is 5.75 Å². The molecule has 0 saturated carbocycles. The average molecular weight is 279 g/mol. The molecule has 0 fully saturated rings. The van der Waals surface area contributed by atoms with Crippen LogP contribution in [0.3, 0.4) is 0 Å². The van der Waals surface area contributed by atoms with E-state index in [1.54, 1.807) is 26.0 Å². The molecule has 0 aromatic heterocycles. The van der Waals surface area contributed by atoms with Gasteiger partial charge in [-0.2, -0.15) is 0 Å². The highest BCUT2D eigenvalue weighted by Crippen LogP contribution is 2.25. The van der Waals surface area contributed by atoms with Crippen molar-refractivity contribution in [1.82, 2.24) is 5.32 Å². The SMILES string of the molecule is CCCCCNC(=O)C(C)Oc1ccccc1[C@@H](C)O. The molecule has 0 heterocycles. The summed E-state index contributed by atoms with van der Waals surface area (Å²) >= 11 is 0. The lowest BCUT2D eigenvalue weighted by Gasteiger charge is -2.18. The summed E-state index contributed by atoms with van der Waals surface area (Å²) in [5.41, 5.74) is 0.693. The van der Waals surface area contributed by atoms with Gasteiger partial charge in [-0.3, -0.25) is 4.79 Å². The standard InChI is InChI=1S/C16H25NO3/c1-4-5-8-11-17-16(19)13(3)20-15-10-7-6-9-14(15)12(2)18/h6-7,9-10,12-13,18H,4-5,8,11H2,1-3H3,(H,17,19)/t12-,13?/m1/s1.